The fourth-order valence-electron chi connectivity index (χ4n) is 3.16. The summed E-state index contributed by atoms with van der Waals surface area (Å²) >= 11 is 0. The van der Waals surface area contributed by atoms with Crippen LogP contribution >= 0.6 is 0 Å². The average molecular weight is 330 g/mol. The lowest BCUT2D eigenvalue weighted by atomic mass is 10.0. The third-order valence-corrected chi connectivity index (χ3v) is 4.29. The maximum absolute atomic E-state index is 13.0. The number of benzene rings is 1. The Morgan fingerprint density at radius 2 is 1.83 bits per heavy atom. The minimum atomic E-state index is -0.243. The van der Waals surface area contributed by atoms with Crippen molar-refractivity contribution in [3.63, 3.8) is 0 Å². The molecule has 24 heavy (non-hydrogen) atoms. The minimum Gasteiger partial charge on any atom is -0.496 e. The van der Waals surface area contributed by atoms with Crippen molar-refractivity contribution in [2.24, 2.45) is 0 Å². The molecular weight excluding hydrogens is 308 g/mol. The molecule has 0 bridgehead atoms. The van der Waals surface area contributed by atoms with Crippen molar-refractivity contribution in [1.29, 1.82) is 0 Å². The first kappa shape index (κ1) is 16.5. The Balaban J connectivity index is 2.12. The molecule has 2 aliphatic rings. The second-order valence-corrected chi connectivity index (χ2v) is 5.79. The van der Waals surface area contributed by atoms with E-state index in [-0.39, 0.29) is 11.8 Å². The molecule has 6 heteroatoms. The van der Waals surface area contributed by atoms with Crippen LogP contribution in [0.3, 0.4) is 0 Å². The smallest absolute Gasteiger partial charge is 0.277 e. The number of imide groups is 1. The zero-order valence-corrected chi connectivity index (χ0v) is 14.1. The van der Waals surface area contributed by atoms with Gasteiger partial charge in [0.1, 0.15) is 11.4 Å². The van der Waals surface area contributed by atoms with Gasteiger partial charge < -0.3 is 14.4 Å². The number of carbonyl (C=O) groups excluding carboxylic acids is 2. The van der Waals surface area contributed by atoms with Crippen LogP contribution in [-0.2, 0) is 14.3 Å². The topological polar surface area (TPSA) is 59.1 Å². The SMILES string of the molecule is CCCN1C(=O)C(c2ccccc2OC)=C(N2CCOCC2)C1=O. The van der Waals surface area contributed by atoms with Crippen LogP contribution in [0.25, 0.3) is 5.57 Å². The van der Waals surface area contributed by atoms with Crippen molar-refractivity contribution in [2.45, 2.75) is 13.3 Å². The maximum atomic E-state index is 13.0. The molecule has 2 amide bonds. The molecule has 2 aliphatic heterocycles. The fraction of sp³-hybridized carbons (Fsp3) is 0.444. The zero-order chi connectivity index (χ0) is 17.1. The summed E-state index contributed by atoms with van der Waals surface area (Å²) in [7, 11) is 1.57. The van der Waals surface area contributed by atoms with Gasteiger partial charge in [0.25, 0.3) is 11.8 Å². The third kappa shape index (κ3) is 2.78. The van der Waals surface area contributed by atoms with Gasteiger partial charge in [-0.3, -0.25) is 14.5 Å². The minimum absolute atomic E-state index is 0.218. The van der Waals surface area contributed by atoms with Crippen molar-refractivity contribution in [1.82, 2.24) is 9.80 Å². The van der Waals surface area contributed by atoms with E-state index in [1.54, 1.807) is 13.2 Å². The van der Waals surface area contributed by atoms with Crippen LogP contribution in [0.5, 0.6) is 5.75 Å². The Morgan fingerprint density at radius 1 is 1.12 bits per heavy atom. The standard InChI is InChI=1S/C18H22N2O4/c1-3-8-20-17(21)15(13-6-4-5-7-14(13)23-2)16(18(20)22)19-9-11-24-12-10-19/h4-7H,3,8-12H2,1-2H3. The monoisotopic (exact) mass is 330 g/mol. The molecule has 0 aromatic heterocycles. The lowest BCUT2D eigenvalue weighted by Gasteiger charge is -2.29. The highest BCUT2D eigenvalue weighted by atomic mass is 16.5. The van der Waals surface area contributed by atoms with E-state index in [0.29, 0.717) is 55.4 Å². The summed E-state index contributed by atoms with van der Waals surface area (Å²) < 4.78 is 10.8. The summed E-state index contributed by atoms with van der Waals surface area (Å²) in [5, 5.41) is 0. The van der Waals surface area contributed by atoms with E-state index in [0.717, 1.165) is 6.42 Å². The fourth-order valence-corrected chi connectivity index (χ4v) is 3.16. The Hall–Kier alpha value is -2.34. The van der Waals surface area contributed by atoms with Crippen LogP contribution in [-0.4, -0.2) is 61.6 Å². The molecule has 3 rings (SSSR count). The lowest BCUT2D eigenvalue weighted by molar-refractivity contribution is -0.137. The van der Waals surface area contributed by atoms with Crippen LogP contribution in [0.4, 0.5) is 0 Å². The normalized spacial score (nSPS) is 18.6. The molecule has 0 unspecified atom stereocenters. The van der Waals surface area contributed by atoms with Gasteiger partial charge in [0.15, 0.2) is 0 Å². The van der Waals surface area contributed by atoms with Gasteiger partial charge in [-0.2, -0.15) is 0 Å². The summed E-state index contributed by atoms with van der Waals surface area (Å²) in [6.07, 6.45) is 0.729. The number of amides is 2. The van der Waals surface area contributed by atoms with Crippen LogP contribution < -0.4 is 4.74 Å². The number of hydrogen-bond donors (Lipinski definition) is 0. The Labute approximate surface area is 141 Å². The highest BCUT2D eigenvalue weighted by Gasteiger charge is 2.42. The molecular formula is C18H22N2O4. The van der Waals surface area contributed by atoms with Crippen molar-refractivity contribution in [3.05, 3.63) is 35.5 Å². The number of morpholine rings is 1. The molecule has 6 nitrogen and oxygen atoms in total. The summed E-state index contributed by atoms with van der Waals surface area (Å²) in [4.78, 5) is 29.2. The van der Waals surface area contributed by atoms with Crippen LogP contribution in [0, 0.1) is 0 Å². The van der Waals surface area contributed by atoms with E-state index in [2.05, 4.69) is 0 Å². The molecule has 1 aromatic carbocycles. The number of nitrogens with zero attached hydrogens (tertiary/aromatic N) is 2. The Bertz CT molecular complexity index is 677. The quantitative estimate of drug-likeness (QED) is 0.766. The van der Waals surface area contributed by atoms with Gasteiger partial charge in [0.2, 0.25) is 0 Å². The first-order chi connectivity index (χ1) is 11.7. The highest BCUT2D eigenvalue weighted by Crippen LogP contribution is 2.36. The molecule has 0 saturated carbocycles. The van der Waals surface area contributed by atoms with E-state index >= 15 is 0 Å². The van der Waals surface area contributed by atoms with E-state index in [1.165, 1.54) is 4.90 Å². The molecule has 1 aromatic rings. The van der Waals surface area contributed by atoms with Crippen molar-refractivity contribution >= 4 is 17.4 Å². The number of rotatable bonds is 5. The molecule has 0 atom stereocenters. The first-order valence-corrected chi connectivity index (χ1v) is 8.25. The Kier molecular flexibility index (Phi) is 4.85. The van der Waals surface area contributed by atoms with E-state index in [4.69, 9.17) is 9.47 Å². The van der Waals surface area contributed by atoms with Gasteiger partial charge in [0.05, 0.1) is 25.9 Å². The predicted octanol–water partition coefficient (Wildman–Crippen LogP) is 1.52. The molecule has 128 valence electrons. The number of ether oxygens (including phenoxy) is 2. The summed E-state index contributed by atoms with van der Waals surface area (Å²) in [5.41, 5.74) is 1.58. The summed E-state index contributed by atoms with van der Waals surface area (Å²) in [6.45, 7) is 4.69. The number of carbonyl (C=O) groups is 2. The van der Waals surface area contributed by atoms with Gasteiger partial charge in [0, 0.05) is 25.2 Å². The zero-order valence-electron chi connectivity index (χ0n) is 14.1. The van der Waals surface area contributed by atoms with Gasteiger partial charge >= 0.3 is 0 Å². The number of methoxy groups -OCH3 is 1. The van der Waals surface area contributed by atoms with E-state index < -0.39 is 0 Å². The highest BCUT2D eigenvalue weighted by molar-refractivity contribution is 6.36. The van der Waals surface area contributed by atoms with Crippen LogP contribution in [0.2, 0.25) is 0 Å². The number of hydrogen-bond acceptors (Lipinski definition) is 5. The predicted molar refractivity (Wildman–Crippen MR) is 89.3 cm³/mol. The largest absolute Gasteiger partial charge is 0.496 e. The lowest BCUT2D eigenvalue weighted by Crippen LogP contribution is -2.40. The molecule has 0 radical (unpaired) electrons. The average Bonchev–Trinajstić information content (AvgIpc) is 2.87. The van der Waals surface area contributed by atoms with Gasteiger partial charge in [-0.1, -0.05) is 25.1 Å². The van der Waals surface area contributed by atoms with Crippen molar-refractivity contribution in [3.8, 4) is 5.75 Å². The molecule has 1 saturated heterocycles. The van der Waals surface area contributed by atoms with Crippen LogP contribution in [0.15, 0.2) is 30.0 Å². The number of para-hydroxylation sites is 1. The molecule has 0 spiro atoms. The Morgan fingerprint density at radius 3 is 2.50 bits per heavy atom. The van der Waals surface area contributed by atoms with Gasteiger partial charge in [-0.05, 0) is 12.5 Å². The molecule has 1 fully saturated rings. The molecule has 0 N–H and O–H groups in total. The summed E-state index contributed by atoms with van der Waals surface area (Å²) in [6, 6.07) is 7.33. The maximum Gasteiger partial charge on any atom is 0.277 e. The van der Waals surface area contributed by atoms with Gasteiger partial charge in [-0.25, -0.2) is 0 Å². The van der Waals surface area contributed by atoms with Gasteiger partial charge in [-0.15, -0.1) is 0 Å². The first-order valence-electron chi connectivity index (χ1n) is 8.25. The second-order valence-electron chi connectivity index (χ2n) is 5.79. The third-order valence-electron chi connectivity index (χ3n) is 4.29. The van der Waals surface area contributed by atoms with E-state index in [1.807, 2.05) is 30.0 Å². The van der Waals surface area contributed by atoms with E-state index in [9.17, 15) is 9.59 Å². The van der Waals surface area contributed by atoms with Crippen LogP contribution in [0.1, 0.15) is 18.9 Å². The second kappa shape index (κ2) is 7.05. The molecule has 0 aliphatic carbocycles. The molecule has 2 heterocycles. The van der Waals surface area contributed by atoms with Crippen molar-refractivity contribution in [2.75, 3.05) is 40.0 Å². The summed E-state index contributed by atoms with van der Waals surface area (Å²) in [5.74, 6) is 0.134. The van der Waals surface area contributed by atoms with Crippen molar-refractivity contribution < 1.29 is 19.1 Å².